The molecule has 1 saturated heterocycles. The number of likely N-dealkylation sites (N-methyl/N-ethyl adjacent to an activating group) is 1. The van der Waals surface area contributed by atoms with Crippen molar-refractivity contribution in [3.8, 4) is 0 Å². The minimum Gasteiger partial charge on any atom is -0.323 e. The van der Waals surface area contributed by atoms with Gasteiger partial charge in [-0.3, -0.25) is 9.80 Å². The van der Waals surface area contributed by atoms with E-state index in [1.165, 1.54) is 6.07 Å². The maximum Gasteiger partial charge on any atom is 0.159 e. The van der Waals surface area contributed by atoms with E-state index < -0.39 is 11.6 Å². The molecule has 2 atom stereocenters. The maximum atomic E-state index is 13.3. The van der Waals surface area contributed by atoms with Gasteiger partial charge in [0.05, 0.1) is 0 Å². The van der Waals surface area contributed by atoms with Crippen molar-refractivity contribution in [1.82, 2.24) is 9.80 Å². The van der Waals surface area contributed by atoms with Crippen LogP contribution in [0.15, 0.2) is 18.2 Å². The van der Waals surface area contributed by atoms with Crippen LogP contribution in [-0.2, 0) is 0 Å². The second-order valence-corrected chi connectivity index (χ2v) is 5.70. The molecule has 1 aromatic rings. The van der Waals surface area contributed by atoms with E-state index in [2.05, 4.69) is 23.6 Å². The fourth-order valence-electron chi connectivity index (χ4n) is 3.14. The topological polar surface area (TPSA) is 32.5 Å². The van der Waals surface area contributed by atoms with E-state index in [1.54, 1.807) is 6.07 Å². The van der Waals surface area contributed by atoms with Gasteiger partial charge in [0, 0.05) is 25.2 Å². The van der Waals surface area contributed by atoms with Gasteiger partial charge in [-0.2, -0.15) is 0 Å². The van der Waals surface area contributed by atoms with Crippen molar-refractivity contribution in [2.45, 2.75) is 32.4 Å². The summed E-state index contributed by atoms with van der Waals surface area (Å²) in [5.74, 6) is -1.65. The van der Waals surface area contributed by atoms with Gasteiger partial charge >= 0.3 is 0 Å². The highest BCUT2D eigenvalue weighted by atomic mass is 19.2. The molecule has 2 N–H and O–H groups in total. The van der Waals surface area contributed by atoms with Crippen molar-refractivity contribution in [3.05, 3.63) is 35.4 Å². The highest BCUT2D eigenvalue weighted by Crippen LogP contribution is 2.20. The van der Waals surface area contributed by atoms with Crippen LogP contribution in [0.5, 0.6) is 0 Å². The van der Waals surface area contributed by atoms with Crippen LogP contribution in [0.4, 0.5) is 8.78 Å². The van der Waals surface area contributed by atoms with E-state index in [0.717, 1.165) is 38.7 Å². The molecule has 1 aromatic carbocycles. The van der Waals surface area contributed by atoms with E-state index in [1.807, 2.05) is 0 Å². The third kappa shape index (κ3) is 3.99. The van der Waals surface area contributed by atoms with Crippen LogP contribution in [0, 0.1) is 11.6 Å². The molecule has 3 nitrogen and oxygen atoms in total. The fraction of sp³-hybridized carbons (Fsp3) is 0.625. The monoisotopic (exact) mass is 297 g/mol. The molecule has 21 heavy (non-hydrogen) atoms. The predicted molar refractivity (Wildman–Crippen MR) is 81.1 cm³/mol. The van der Waals surface area contributed by atoms with E-state index in [9.17, 15) is 8.78 Å². The Hall–Kier alpha value is -1.04. The summed E-state index contributed by atoms with van der Waals surface area (Å²) >= 11 is 0. The summed E-state index contributed by atoms with van der Waals surface area (Å²) in [4.78, 5) is 4.78. The highest BCUT2D eigenvalue weighted by Gasteiger charge is 2.27. The first-order chi connectivity index (χ1) is 10.0. The van der Waals surface area contributed by atoms with Gasteiger partial charge in [0.25, 0.3) is 0 Å². The zero-order chi connectivity index (χ0) is 15.4. The zero-order valence-electron chi connectivity index (χ0n) is 12.9. The molecule has 118 valence electrons. The van der Waals surface area contributed by atoms with Crippen LogP contribution in [0.3, 0.4) is 0 Å². The predicted octanol–water partition coefficient (Wildman–Crippen LogP) is 2.38. The molecule has 1 aliphatic rings. The maximum absolute atomic E-state index is 13.3. The van der Waals surface area contributed by atoms with Crippen LogP contribution in [0.1, 0.15) is 31.9 Å². The summed E-state index contributed by atoms with van der Waals surface area (Å²) in [6, 6.07) is 4.22. The second-order valence-electron chi connectivity index (χ2n) is 5.70. The third-order valence-electron chi connectivity index (χ3n) is 4.40. The molecule has 0 aliphatic carbocycles. The van der Waals surface area contributed by atoms with Gasteiger partial charge in [-0.05, 0) is 43.8 Å². The highest BCUT2D eigenvalue weighted by molar-refractivity contribution is 5.21. The summed E-state index contributed by atoms with van der Waals surface area (Å²) in [6.07, 6.45) is 1.15. The molecular weight excluding hydrogens is 272 g/mol. The molecule has 0 amide bonds. The lowest BCUT2D eigenvalue weighted by Crippen LogP contribution is -2.38. The first-order valence-electron chi connectivity index (χ1n) is 7.72. The Morgan fingerprint density at radius 3 is 2.62 bits per heavy atom. The Bertz CT molecular complexity index is 463. The average Bonchev–Trinajstić information content (AvgIpc) is 2.91. The number of halogens is 2. The summed E-state index contributed by atoms with van der Waals surface area (Å²) in [7, 11) is 0. The van der Waals surface area contributed by atoms with Gasteiger partial charge < -0.3 is 5.73 Å². The summed E-state index contributed by atoms with van der Waals surface area (Å²) in [5, 5.41) is 0. The number of likely N-dealkylation sites (tertiary alicyclic amines) is 1. The Balaban J connectivity index is 1.91. The van der Waals surface area contributed by atoms with Crippen LogP contribution in [-0.4, -0.2) is 48.6 Å². The number of hydrogen-bond acceptors (Lipinski definition) is 3. The van der Waals surface area contributed by atoms with Crippen molar-refractivity contribution in [2.24, 2.45) is 5.73 Å². The van der Waals surface area contributed by atoms with E-state index in [-0.39, 0.29) is 6.04 Å². The molecule has 1 aliphatic heterocycles. The van der Waals surface area contributed by atoms with E-state index in [4.69, 9.17) is 5.73 Å². The Kier molecular flexibility index (Phi) is 5.67. The number of nitrogens with two attached hydrogens (primary N) is 1. The lowest BCUT2D eigenvalue weighted by molar-refractivity contribution is 0.208. The lowest BCUT2D eigenvalue weighted by Gasteiger charge is -2.27. The SMILES string of the molecule is CCN(CC)C1CCN(CC(N)c2ccc(F)c(F)c2)C1. The van der Waals surface area contributed by atoms with Crippen LogP contribution in [0.25, 0.3) is 0 Å². The van der Waals surface area contributed by atoms with Gasteiger partial charge in [0.2, 0.25) is 0 Å². The molecule has 1 fully saturated rings. The zero-order valence-corrected chi connectivity index (χ0v) is 12.9. The first-order valence-corrected chi connectivity index (χ1v) is 7.72. The Morgan fingerprint density at radius 2 is 2.00 bits per heavy atom. The van der Waals surface area contributed by atoms with Gasteiger partial charge in [-0.15, -0.1) is 0 Å². The van der Waals surface area contributed by atoms with Crippen molar-refractivity contribution in [2.75, 3.05) is 32.7 Å². The summed E-state index contributed by atoms with van der Waals surface area (Å²) in [6.45, 7) is 9.17. The third-order valence-corrected chi connectivity index (χ3v) is 4.40. The number of rotatable bonds is 6. The van der Waals surface area contributed by atoms with Gasteiger partial charge in [0.15, 0.2) is 11.6 Å². The molecule has 2 unspecified atom stereocenters. The van der Waals surface area contributed by atoms with Crippen LogP contribution >= 0.6 is 0 Å². The van der Waals surface area contributed by atoms with Gasteiger partial charge in [0.1, 0.15) is 0 Å². The fourth-order valence-corrected chi connectivity index (χ4v) is 3.14. The van der Waals surface area contributed by atoms with Crippen LogP contribution in [0.2, 0.25) is 0 Å². The van der Waals surface area contributed by atoms with Crippen molar-refractivity contribution in [1.29, 1.82) is 0 Å². The Labute approximate surface area is 125 Å². The number of hydrogen-bond donors (Lipinski definition) is 1. The largest absolute Gasteiger partial charge is 0.323 e. The molecule has 0 aromatic heterocycles. The van der Waals surface area contributed by atoms with Crippen molar-refractivity contribution < 1.29 is 8.78 Å². The lowest BCUT2D eigenvalue weighted by atomic mass is 10.1. The standard InChI is InChI=1S/C16H25F2N3/c1-3-21(4-2)13-7-8-20(10-13)11-16(19)12-5-6-14(17)15(18)9-12/h5-6,9,13,16H,3-4,7-8,10-11,19H2,1-2H3. The van der Waals surface area contributed by atoms with Gasteiger partial charge in [-0.25, -0.2) is 8.78 Å². The molecule has 0 spiro atoms. The molecule has 2 rings (SSSR count). The van der Waals surface area contributed by atoms with E-state index in [0.29, 0.717) is 18.2 Å². The molecule has 5 heteroatoms. The molecule has 0 radical (unpaired) electrons. The number of benzene rings is 1. The average molecular weight is 297 g/mol. The van der Waals surface area contributed by atoms with Gasteiger partial charge in [-0.1, -0.05) is 19.9 Å². The minimum atomic E-state index is -0.828. The smallest absolute Gasteiger partial charge is 0.159 e. The Morgan fingerprint density at radius 1 is 1.29 bits per heavy atom. The normalized spacial score (nSPS) is 21.1. The summed E-state index contributed by atoms with van der Waals surface area (Å²) < 4.78 is 26.2. The molecule has 1 heterocycles. The minimum absolute atomic E-state index is 0.282. The quantitative estimate of drug-likeness (QED) is 0.875. The number of nitrogens with zero attached hydrogens (tertiary/aromatic N) is 2. The van der Waals surface area contributed by atoms with Crippen LogP contribution < -0.4 is 5.73 Å². The molecule has 0 bridgehead atoms. The van der Waals surface area contributed by atoms with Crippen molar-refractivity contribution in [3.63, 3.8) is 0 Å². The summed E-state index contributed by atoms with van der Waals surface area (Å²) in [5.41, 5.74) is 6.79. The van der Waals surface area contributed by atoms with E-state index >= 15 is 0 Å². The second kappa shape index (κ2) is 7.29. The molecular formula is C16H25F2N3. The van der Waals surface area contributed by atoms with Crippen molar-refractivity contribution >= 4 is 0 Å². The first kappa shape index (κ1) is 16.3. The molecule has 0 saturated carbocycles.